The summed E-state index contributed by atoms with van der Waals surface area (Å²) in [6, 6.07) is 5.25. The van der Waals surface area contributed by atoms with Crippen molar-refractivity contribution in [2.75, 3.05) is 0 Å². The number of halogens is 1. The summed E-state index contributed by atoms with van der Waals surface area (Å²) >= 11 is 0. The normalized spacial score (nSPS) is 11.1. The Labute approximate surface area is 81.6 Å². The summed E-state index contributed by atoms with van der Waals surface area (Å²) in [5.74, 6) is -0.311. The maximum atomic E-state index is 13.7. The molecule has 2 rings (SSSR count). The third-order valence-electron chi connectivity index (χ3n) is 2.65. The van der Waals surface area contributed by atoms with E-state index in [0.29, 0.717) is 10.9 Å². The number of aryl methyl sites for hydroxylation is 2. The fourth-order valence-electron chi connectivity index (χ4n) is 1.68. The first-order valence-corrected chi connectivity index (χ1v) is 4.49. The van der Waals surface area contributed by atoms with Crippen LogP contribution in [-0.2, 0) is 13.7 Å². The highest BCUT2D eigenvalue weighted by atomic mass is 19.1. The van der Waals surface area contributed by atoms with Crippen LogP contribution in [0.15, 0.2) is 18.2 Å². The van der Waals surface area contributed by atoms with Gasteiger partial charge in [-0.15, -0.1) is 0 Å². The van der Waals surface area contributed by atoms with Crippen LogP contribution in [0.5, 0.6) is 0 Å². The van der Waals surface area contributed by atoms with Gasteiger partial charge in [0, 0.05) is 23.7 Å². The van der Waals surface area contributed by atoms with Crippen LogP contribution >= 0.6 is 0 Å². The van der Waals surface area contributed by atoms with Crippen molar-refractivity contribution >= 4 is 10.9 Å². The Hall–Kier alpha value is -1.35. The molecule has 0 amide bonds. The zero-order chi connectivity index (χ0) is 10.3. The van der Waals surface area contributed by atoms with E-state index < -0.39 is 0 Å². The zero-order valence-electron chi connectivity index (χ0n) is 8.21. The Bertz CT molecular complexity index is 487. The lowest BCUT2D eigenvalue weighted by molar-refractivity contribution is 0.276. The maximum absolute atomic E-state index is 13.7. The van der Waals surface area contributed by atoms with Crippen LogP contribution in [0, 0.1) is 12.7 Å². The maximum Gasteiger partial charge on any atom is 0.138 e. The van der Waals surface area contributed by atoms with Gasteiger partial charge < -0.3 is 9.67 Å². The van der Waals surface area contributed by atoms with E-state index in [-0.39, 0.29) is 12.4 Å². The summed E-state index contributed by atoms with van der Waals surface area (Å²) in [7, 11) is 1.90. The predicted octanol–water partition coefficient (Wildman–Crippen LogP) is 2.12. The van der Waals surface area contributed by atoms with Gasteiger partial charge in [-0.3, -0.25) is 0 Å². The van der Waals surface area contributed by atoms with Crippen molar-refractivity contribution in [1.82, 2.24) is 4.57 Å². The fraction of sp³-hybridized carbons (Fsp3) is 0.273. The van der Waals surface area contributed by atoms with Gasteiger partial charge >= 0.3 is 0 Å². The summed E-state index contributed by atoms with van der Waals surface area (Å²) in [5, 5.41) is 9.49. The van der Waals surface area contributed by atoms with Crippen LogP contribution in [0.25, 0.3) is 10.9 Å². The Kier molecular flexibility index (Phi) is 2.04. The largest absolute Gasteiger partial charge is 0.392 e. The molecule has 2 aromatic rings. The molecule has 0 aliphatic heterocycles. The van der Waals surface area contributed by atoms with E-state index in [2.05, 4.69) is 0 Å². The van der Waals surface area contributed by atoms with Gasteiger partial charge in [-0.05, 0) is 19.1 Å². The van der Waals surface area contributed by atoms with Crippen LogP contribution in [0.2, 0.25) is 0 Å². The third-order valence-corrected chi connectivity index (χ3v) is 2.65. The highest BCUT2D eigenvalue weighted by Gasteiger charge is 2.10. The number of fused-ring (bicyclic) bond motifs is 1. The Morgan fingerprint density at radius 2 is 2.14 bits per heavy atom. The van der Waals surface area contributed by atoms with Gasteiger partial charge in [-0.1, -0.05) is 6.07 Å². The number of aromatic nitrogens is 1. The van der Waals surface area contributed by atoms with Gasteiger partial charge in [-0.25, -0.2) is 4.39 Å². The van der Waals surface area contributed by atoms with Gasteiger partial charge in [0.1, 0.15) is 5.82 Å². The smallest absolute Gasteiger partial charge is 0.138 e. The molecule has 74 valence electrons. The van der Waals surface area contributed by atoms with Crippen molar-refractivity contribution in [3.8, 4) is 0 Å². The SMILES string of the molecule is Cc1cc2c(F)c(CO)ccc2n1C. The summed E-state index contributed by atoms with van der Waals surface area (Å²) in [5.41, 5.74) is 2.22. The van der Waals surface area contributed by atoms with E-state index >= 15 is 0 Å². The molecule has 0 radical (unpaired) electrons. The van der Waals surface area contributed by atoms with Gasteiger partial charge in [0.05, 0.1) is 12.1 Å². The molecule has 2 nitrogen and oxygen atoms in total. The third kappa shape index (κ3) is 1.13. The average Bonchev–Trinajstić information content (AvgIpc) is 2.46. The van der Waals surface area contributed by atoms with E-state index in [1.54, 1.807) is 12.1 Å². The molecule has 0 unspecified atom stereocenters. The predicted molar refractivity (Wildman–Crippen MR) is 53.5 cm³/mol. The van der Waals surface area contributed by atoms with Crippen molar-refractivity contribution in [2.45, 2.75) is 13.5 Å². The second-order valence-corrected chi connectivity index (χ2v) is 3.47. The van der Waals surface area contributed by atoms with Gasteiger partial charge in [0.15, 0.2) is 0 Å². The van der Waals surface area contributed by atoms with Crippen LogP contribution in [-0.4, -0.2) is 9.67 Å². The molecular formula is C11H12FNO. The van der Waals surface area contributed by atoms with Crippen molar-refractivity contribution in [2.24, 2.45) is 7.05 Å². The second-order valence-electron chi connectivity index (χ2n) is 3.47. The van der Waals surface area contributed by atoms with E-state index in [1.807, 2.05) is 24.6 Å². The highest BCUT2D eigenvalue weighted by Crippen LogP contribution is 2.23. The molecule has 0 saturated heterocycles. The lowest BCUT2D eigenvalue weighted by atomic mass is 10.1. The first-order valence-electron chi connectivity index (χ1n) is 4.49. The zero-order valence-corrected chi connectivity index (χ0v) is 8.21. The minimum atomic E-state index is -0.311. The minimum absolute atomic E-state index is 0.254. The summed E-state index contributed by atoms with van der Waals surface area (Å²) in [4.78, 5) is 0. The number of rotatable bonds is 1. The van der Waals surface area contributed by atoms with Crippen LogP contribution in [0.3, 0.4) is 0 Å². The van der Waals surface area contributed by atoms with Crippen LogP contribution in [0.4, 0.5) is 4.39 Å². The molecule has 0 saturated carbocycles. The van der Waals surface area contributed by atoms with E-state index in [4.69, 9.17) is 5.11 Å². The van der Waals surface area contributed by atoms with E-state index in [0.717, 1.165) is 11.2 Å². The molecule has 1 N–H and O–H groups in total. The summed E-state index contributed by atoms with van der Waals surface area (Å²) in [6.45, 7) is 1.67. The molecule has 0 aliphatic carbocycles. The van der Waals surface area contributed by atoms with Crippen LogP contribution in [0.1, 0.15) is 11.3 Å². The standard InChI is InChI=1S/C11H12FNO/c1-7-5-9-10(13(7)2)4-3-8(6-14)11(9)12/h3-5,14H,6H2,1-2H3. The van der Waals surface area contributed by atoms with E-state index in [9.17, 15) is 4.39 Å². The summed E-state index contributed by atoms with van der Waals surface area (Å²) in [6.07, 6.45) is 0. The van der Waals surface area contributed by atoms with Gasteiger partial charge in [-0.2, -0.15) is 0 Å². The molecular weight excluding hydrogens is 181 g/mol. The molecule has 0 fully saturated rings. The Morgan fingerprint density at radius 1 is 1.43 bits per heavy atom. The van der Waals surface area contributed by atoms with Crippen molar-refractivity contribution < 1.29 is 9.50 Å². The number of hydrogen-bond donors (Lipinski definition) is 1. The molecule has 0 bridgehead atoms. The highest BCUT2D eigenvalue weighted by molar-refractivity contribution is 5.82. The number of aliphatic hydroxyl groups excluding tert-OH is 1. The van der Waals surface area contributed by atoms with Gasteiger partial charge in [0.25, 0.3) is 0 Å². The molecule has 0 spiro atoms. The molecule has 14 heavy (non-hydrogen) atoms. The summed E-state index contributed by atoms with van der Waals surface area (Å²) < 4.78 is 15.6. The lowest BCUT2D eigenvalue weighted by Crippen LogP contribution is -1.92. The lowest BCUT2D eigenvalue weighted by Gasteiger charge is -2.02. The second kappa shape index (κ2) is 3.10. The molecule has 1 aromatic carbocycles. The number of nitrogens with zero attached hydrogens (tertiary/aromatic N) is 1. The quantitative estimate of drug-likeness (QED) is 0.737. The number of aliphatic hydroxyl groups is 1. The fourth-order valence-corrected chi connectivity index (χ4v) is 1.68. The van der Waals surface area contributed by atoms with Crippen molar-refractivity contribution in [3.05, 3.63) is 35.3 Å². The minimum Gasteiger partial charge on any atom is -0.392 e. The van der Waals surface area contributed by atoms with E-state index in [1.165, 1.54) is 0 Å². The number of hydrogen-bond acceptors (Lipinski definition) is 1. The Morgan fingerprint density at radius 3 is 2.79 bits per heavy atom. The average molecular weight is 193 g/mol. The van der Waals surface area contributed by atoms with Crippen molar-refractivity contribution in [3.63, 3.8) is 0 Å². The first-order chi connectivity index (χ1) is 6.65. The number of benzene rings is 1. The molecule has 0 aliphatic rings. The topological polar surface area (TPSA) is 25.2 Å². The first kappa shape index (κ1) is 9.21. The molecule has 3 heteroatoms. The molecule has 1 heterocycles. The monoisotopic (exact) mass is 193 g/mol. The molecule has 1 aromatic heterocycles. The van der Waals surface area contributed by atoms with Gasteiger partial charge in [0.2, 0.25) is 0 Å². The van der Waals surface area contributed by atoms with Crippen molar-refractivity contribution in [1.29, 1.82) is 0 Å². The molecule has 0 atom stereocenters. The Balaban J connectivity index is 2.83. The van der Waals surface area contributed by atoms with Crippen LogP contribution < -0.4 is 0 Å².